The highest BCUT2D eigenvalue weighted by Crippen LogP contribution is 2.27. The summed E-state index contributed by atoms with van der Waals surface area (Å²) in [7, 11) is 0. The highest BCUT2D eigenvalue weighted by Gasteiger charge is 2.28. The second-order valence-electron chi connectivity index (χ2n) is 10.6. The number of likely N-dealkylation sites (N-methyl/N-ethyl adjacent to an activating group) is 1. The third-order valence-corrected chi connectivity index (χ3v) is 7.81. The molecule has 0 saturated heterocycles. The number of rotatable bonds is 15. The molecule has 0 radical (unpaired) electrons. The molecule has 0 spiro atoms. The Morgan fingerprint density at radius 3 is 2.44 bits per heavy atom. The van der Waals surface area contributed by atoms with Crippen LogP contribution in [0.25, 0.3) is 0 Å². The Labute approximate surface area is 248 Å². The summed E-state index contributed by atoms with van der Waals surface area (Å²) in [5.74, 6) is -0.214. The Morgan fingerprint density at radius 1 is 1.02 bits per heavy atom. The van der Waals surface area contributed by atoms with Gasteiger partial charge in [0, 0.05) is 24.5 Å². The molecule has 2 N–H and O–H groups in total. The summed E-state index contributed by atoms with van der Waals surface area (Å²) in [4.78, 5) is 52.4. The molecule has 0 aliphatic heterocycles. The van der Waals surface area contributed by atoms with Crippen LogP contribution in [0.15, 0.2) is 54.6 Å². The number of halogens is 1. The number of carbonyl (C=O) groups is 4. The van der Waals surface area contributed by atoms with Gasteiger partial charge in [-0.25, -0.2) is 4.79 Å². The lowest BCUT2D eigenvalue weighted by molar-refractivity contribution is -0.132. The van der Waals surface area contributed by atoms with Crippen LogP contribution >= 0.6 is 11.6 Å². The number of benzene rings is 2. The molecule has 1 fully saturated rings. The normalized spacial score (nSPS) is 14.9. The Balaban J connectivity index is 1.53. The summed E-state index contributed by atoms with van der Waals surface area (Å²) >= 11 is 6.01. The van der Waals surface area contributed by atoms with Crippen molar-refractivity contribution in [2.45, 2.75) is 83.4 Å². The Morgan fingerprint density at radius 2 is 1.76 bits per heavy atom. The number of nitrogens with one attached hydrogen (secondary N) is 2. The zero-order valence-corrected chi connectivity index (χ0v) is 24.6. The zero-order valence-electron chi connectivity index (χ0n) is 23.9. The first-order valence-electron chi connectivity index (χ1n) is 14.6. The molecule has 3 rings (SSSR count). The van der Waals surface area contributed by atoms with E-state index in [0.29, 0.717) is 36.7 Å². The van der Waals surface area contributed by atoms with Gasteiger partial charge in [-0.3, -0.25) is 9.59 Å². The van der Waals surface area contributed by atoms with E-state index < -0.39 is 24.1 Å². The second-order valence-corrected chi connectivity index (χ2v) is 11.1. The molecular weight excluding hydrogens is 542 g/mol. The van der Waals surface area contributed by atoms with Crippen molar-refractivity contribution in [2.24, 2.45) is 5.92 Å². The maximum atomic E-state index is 13.3. The van der Waals surface area contributed by atoms with Crippen molar-refractivity contribution < 1.29 is 23.9 Å². The van der Waals surface area contributed by atoms with Crippen LogP contribution in [0.3, 0.4) is 0 Å². The van der Waals surface area contributed by atoms with E-state index in [-0.39, 0.29) is 25.4 Å². The molecule has 1 aliphatic rings. The first-order valence-corrected chi connectivity index (χ1v) is 15.0. The van der Waals surface area contributed by atoms with E-state index in [9.17, 15) is 19.2 Å². The number of hydrogen-bond donors (Lipinski definition) is 2. The van der Waals surface area contributed by atoms with Crippen molar-refractivity contribution in [3.8, 4) is 0 Å². The molecular formula is C32H42ClN3O5. The molecule has 3 amide bonds. The van der Waals surface area contributed by atoms with Crippen molar-refractivity contribution in [1.29, 1.82) is 0 Å². The SMILES string of the molecule is CCN(CCc1ccccc1)C(=O)CC[C@H](C=O)NC(=O)[C@@H](CC1CCCCC1)NC(=O)OCc1cccc(Cl)c1. The molecule has 222 valence electrons. The molecule has 2 aromatic carbocycles. The largest absolute Gasteiger partial charge is 0.445 e. The second kappa shape index (κ2) is 17.4. The van der Waals surface area contributed by atoms with Crippen LogP contribution < -0.4 is 10.6 Å². The van der Waals surface area contributed by atoms with E-state index in [4.69, 9.17) is 16.3 Å². The minimum absolute atomic E-state index is 0.0153. The number of carbonyl (C=O) groups excluding carboxylic acids is 4. The van der Waals surface area contributed by atoms with Crippen LogP contribution in [0.5, 0.6) is 0 Å². The predicted molar refractivity (Wildman–Crippen MR) is 159 cm³/mol. The van der Waals surface area contributed by atoms with Gasteiger partial charge in [-0.1, -0.05) is 86.2 Å². The smallest absolute Gasteiger partial charge is 0.408 e. The molecule has 0 heterocycles. The molecule has 0 unspecified atom stereocenters. The van der Waals surface area contributed by atoms with Crippen LogP contribution in [0.2, 0.25) is 5.02 Å². The molecule has 1 saturated carbocycles. The van der Waals surface area contributed by atoms with Gasteiger partial charge >= 0.3 is 6.09 Å². The van der Waals surface area contributed by atoms with Crippen LogP contribution in [-0.2, 0) is 32.1 Å². The van der Waals surface area contributed by atoms with Gasteiger partial charge < -0.3 is 25.1 Å². The summed E-state index contributed by atoms with van der Waals surface area (Å²) in [5.41, 5.74) is 1.89. The van der Waals surface area contributed by atoms with E-state index in [1.165, 1.54) is 6.42 Å². The van der Waals surface area contributed by atoms with E-state index in [0.717, 1.165) is 43.2 Å². The van der Waals surface area contributed by atoms with E-state index in [1.54, 1.807) is 29.2 Å². The van der Waals surface area contributed by atoms with Gasteiger partial charge in [0.15, 0.2) is 0 Å². The molecule has 0 aromatic heterocycles. The summed E-state index contributed by atoms with van der Waals surface area (Å²) in [6, 6.07) is 15.3. The van der Waals surface area contributed by atoms with Crippen molar-refractivity contribution in [1.82, 2.24) is 15.5 Å². The van der Waals surface area contributed by atoms with Crippen molar-refractivity contribution in [3.05, 3.63) is 70.7 Å². The summed E-state index contributed by atoms with van der Waals surface area (Å²) in [6.07, 6.45) is 6.81. The van der Waals surface area contributed by atoms with Gasteiger partial charge in [0.05, 0.1) is 6.04 Å². The molecule has 2 atom stereocenters. The van der Waals surface area contributed by atoms with Gasteiger partial charge in [0.1, 0.15) is 18.9 Å². The van der Waals surface area contributed by atoms with Crippen molar-refractivity contribution in [3.63, 3.8) is 0 Å². The van der Waals surface area contributed by atoms with Crippen LogP contribution in [0.1, 0.15) is 69.4 Å². The number of ether oxygens (including phenoxy) is 1. The Bertz CT molecular complexity index is 1120. The van der Waals surface area contributed by atoms with E-state index >= 15 is 0 Å². The molecule has 41 heavy (non-hydrogen) atoms. The third-order valence-electron chi connectivity index (χ3n) is 7.57. The average molecular weight is 584 g/mol. The van der Waals surface area contributed by atoms with Gasteiger partial charge in [-0.2, -0.15) is 0 Å². The zero-order chi connectivity index (χ0) is 29.5. The van der Waals surface area contributed by atoms with Crippen LogP contribution in [-0.4, -0.2) is 54.3 Å². The minimum Gasteiger partial charge on any atom is -0.445 e. The van der Waals surface area contributed by atoms with Crippen LogP contribution in [0, 0.1) is 5.92 Å². The molecule has 9 heteroatoms. The van der Waals surface area contributed by atoms with Gasteiger partial charge in [-0.15, -0.1) is 0 Å². The first-order chi connectivity index (χ1) is 19.9. The number of hydrogen-bond acceptors (Lipinski definition) is 5. The Hall–Kier alpha value is -3.39. The summed E-state index contributed by atoms with van der Waals surface area (Å²) < 4.78 is 5.35. The van der Waals surface area contributed by atoms with Crippen molar-refractivity contribution >= 4 is 35.8 Å². The quantitative estimate of drug-likeness (QED) is 0.271. The highest BCUT2D eigenvalue weighted by molar-refractivity contribution is 6.30. The van der Waals surface area contributed by atoms with Gasteiger partial charge in [0.2, 0.25) is 11.8 Å². The standard InChI is InChI=1S/C32H42ClN3O5/c1-2-36(19-18-24-10-5-3-6-11-24)30(38)17-16-28(22-37)34-31(39)29(21-25-12-7-4-8-13-25)35-32(40)41-23-26-14-9-15-27(33)20-26/h3,5-6,9-11,14-15,20,22,25,28-29H,2,4,7-8,12-13,16-19,21,23H2,1H3,(H,34,39)(H,35,40)/t28-,29-/m1/s1. The molecule has 1 aliphatic carbocycles. The predicted octanol–water partition coefficient (Wildman–Crippen LogP) is 5.46. The fourth-order valence-electron chi connectivity index (χ4n) is 5.21. The first kappa shape index (κ1) is 32.1. The van der Waals surface area contributed by atoms with Gasteiger partial charge in [-0.05, 0) is 55.4 Å². The fourth-order valence-corrected chi connectivity index (χ4v) is 5.42. The molecule has 0 bridgehead atoms. The number of amides is 3. The number of alkyl carbamates (subject to hydrolysis) is 1. The fraction of sp³-hybridized carbons (Fsp3) is 0.500. The lowest BCUT2D eigenvalue weighted by Crippen LogP contribution is -2.51. The summed E-state index contributed by atoms with van der Waals surface area (Å²) in [5, 5.41) is 5.99. The van der Waals surface area contributed by atoms with Gasteiger partial charge in [0.25, 0.3) is 0 Å². The average Bonchev–Trinajstić information content (AvgIpc) is 2.99. The summed E-state index contributed by atoms with van der Waals surface area (Å²) in [6.45, 7) is 3.09. The van der Waals surface area contributed by atoms with Crippen LogP contribution in [0.4, 0.5) is 4.79 Å². The van der Waals surface area contributed by atoms with Crippen molar-refractivity contribution in [2.75, 3.05) is 13.1 Å². The number of aldehydes is 1. The van der Waals surface area contributed by atoms with E-state index in [2.05, 4.69) is 10.6 Å². The third kappa shape index (κ3) is 11.6. The maximum absolute atomic E-state index is 13.3. The topological polar surface area (TPSA) is 105 Å². The molecule has 2 aromatic rings. The number of nitrogens with zero attached hydrogens (tertiary/aromatic N) is 1. The monoisotopic (exact) mass is 583 g/mol. The van der Waals surface area contributed by atoms with E-state index in [1.807, 2.05) is 37.3 Å². The highest BCUT2D eigenvalue weighted by atomic mass is 35.5. The minimum atomic E-state index is -0.846. The lowest BCUT2D eigenvalue weighted by atomic mass is 9.84. The Kier molecular flexibility index (Phi) is 13.7. The molecule has 8 nitrogen and oxygen atoms in total. The maximum Gasteiger partial charge on any atom is 0.408 e. The lowest BCUT2D eigenvalue weighted by Gasteiger charge is -2.27.